The van der Waals surface area contributed by atoms with Gasteiger partial charge in [-0.25, -0.2) is 9.49 Å². The minimum absolute atomic E-state index is 0.0753. The number of ether oxygens (including phenoxy) is 1. The minimum atomic E-state index is -0.514. The maximum atomic E-state index is 15.0. The fourth-order valence-electron chi connectivity index (χ4n) is 12.0. The van der Waals surface area contributed by atoms with E-state index in [-0.39, 0.29) is 23.1 Å². The van der Waals surface area contributed by atoms with Crippen molar-refractivity contribution in [3.63, 3.8) is 0 Å². The number of fused-ring (bicyclic) bond motifs is 6. The van der Waals surface area contributed by atoms with Gasteiger partial charge in [-0.15, -0.1) is 0 Å². The fraction of sp³-hybridized carbons (Fsp3) is 0.659. The molecule has 0 spiro atoms. The van der Waals surface area contributed by atoms with E-state index in [0.29, 0.717) is 53.4 Å². The lowest BCUT2D eigenvalue weighted by atomic mass is 9.45. The first-order valence-electron chi connectivity index (χ1n) is 20.7. The van der Waals surface area contributed by atoms with Gasteiger partial charge >= 0.3 is 0 Å². The standard InChI is InChI=1S/C44H59FN4O4/c1-43-18-16-31(50)28-30(43)11-12-34-36-13-15-40(44(36,2)19-17-37(34)43)53-25-7-3-6-20-48-21-23-49(24-22-48)42(52)35-26-29(10-14-38(35)45)27-39-32-8-4-5-9-33(32)41(51)47-46-39/h4-5,8-10,14,26,30-31,34,36-37,40,50H,3,6-7,11-13,15-25,27-28H2,1-2H3,(H,47,51)/t30-,31?,34-,36-,37-,40-,43-,44-/m1/s1. The molecular weight excluding hydrogens is 668 g/mol. The molecule has 53 heavy (non-hydrogen) atoms. The zero-order chi connectivity index (χ0) is 36.7. The van der Waals surface area contributed by atoms with Crippen LogP contribution in [0.4, 0.5) is 4.39 Å². The summed E-state index contributed by atoms with van der Waals surface area (Å²) in [5.74, 6) is 2.39. The number of rotatable bonds is 10. The summed E-state index contributed by atoms with van der Waals surface area (Å²) >= 11 is 0. The molecule has 8 atom stereocenters. The third kappa shape index (κ3) is 7.11. The van der Waals surface area contributed by atoms with E-state index in [1.807, 2.05) is 18.2 Å². The largest absolute Gasteiger partial charge is 0.393 e. The van der Waals surface area contributed by atoms with Gasteiger partial charge in [-0.3, -0.25) is 14.5 Å². The number of carbonyl (C=O) groups excluding carboxylic acids is 1. The number of halogens is 1. The summed E-state index contributed by atoms with van der Waals surface area (Å²) in [5.41, 5.74) is 2.04. The van der Waals surface area contributed by atoms with Crippen molar-refractivity contribution >= 4 is 16.7 Å². The van der Waals surface area contributed by atoms with Gasteiger partial charge in [0.05, 0.1) is 28.9 Å². The van der Waals surface area contributed by atoms with Crippen molar-refractivity contribution in [3.8, 4) is 0 Å². The van der Waals surface area contributed by atoms with E-state index in [1.54, 1.807) is 23.1 Å². The summed E-state index contributed by atoms with van der Waals surface area (Å²) in [5, 5.41) is 18.5. The zero-order valence-electron chi connectivity index (χ0n) is 31.8. The van der Waals surface area contributed by atoms with Crippen LogP contribution in [-0.2, 0) is 11.2 Å². The Morgan fingerprint density at radius 3 is 2.53 bits per heavy atom. The van der Waals surface area contributed by atoms with Crippen LogP contribution in [0.1, 0.15) is 113 Å². The number of hydrogen-bond donors (Lipinski definition) is 2. The number of piperazine rings is 1. The van der Waals surface area contributed by atoms with Crippen LogP contribution in [0.3, 0.4) is 0 Å². The first-order valence-corrected chi connectivity index (χ1v) is 20.7. The second kappa shape index (κ2) is 15.2. The lowest BCUT2D eigenvalue weighted by Gasteiger charge is -2.60. The van der Waals surface area contributed by atoms with Crippen LogP contribution in [-0.4, -0.2) is 82.5 Å². The Bertz CT molecular complexity index is 1840. The van der Waals surface area contributed by atoms with Gasteiger partial charge in [-0.1, -0.05) is 38.1 Å². The topological polar surface area (TPSA) is 98.8 Å². The second-order valence-corrected chi connectivity index (χ2v) is 17.8. The van der Waals surface area contributed by atoms with E-state index >= 15 is 0 Å². The van der Waals surface area contributed by atoms with Gasteiger partial charge in [0.1, 0.15) is 5.82 Å². The summed E-state index contributed by atoms with van der Waals surface area (Å²) in [6.45, 7) is 9.74. The summed E-state index contributed by atoms with van der Waals surface area (Å²) in [4.78, 5) is 29.9. The van der Waals surface area contributed by atoms with E-state index in [9.17, 15) is 19.1 Å². The number of aliphatic hydroxyl groups is 1. The van der Waals surface area contributed by atoms with Crippen LogP contribution in [0, 0.1) is 40.3 Å². The molecule has 0 bridgehead atoms. The summed E-state index contributed by atoms with van der Waals surface area (Å²) in [6.07, 6.45) is 15.1. The molecule has 8 nitrogen and oxygen atoms in total. The average molecular weight is 727 g/mol. The van der Waals surface area contributed by atoms with Gasteiger partial charge in [-0.2, -0.15) is 5.10 Å². The number of nitrogens with zero attached hydrogens (tertiary/aromatic N) is 3. The first-order chi connectivity index (χ1) is 25.6. The molecule has 4 saturated carbocycles. The third-order valence-electron chi connectivity index (χ3n) is 15.1. The van der Waals surface area contributed by atoms with Crippen molar-refractivity contribution in [1.82, 2.24) is 20.0 Å². The lowest BCUT2D eigenvalue weighted by molar-refractivity contribution is -0.141. The van der Waals surface area contributed by atoms with Crippen LogP contribution in [0.25, 0.3) is 10.8 Å². The van der Waals surface area contributed by atoms with Crippen molar-refractivity contribution in [3.05, 3.63) is 75.5 Å². The Labute approximate surface area is 313 Å². The summed E-state index contributed by atoms with van der Waals surface area (Å²) < 4.78 is 21.7. The SMILES string of the molecule is C[C@@]12CCC(O)C[C@H]1CC[C@H]1[C@H]2CC[C@]2(C)[C@@H]1CC[C@H]2OCCCCCN1CCN(C(=O)c2cc(Cc3n[nH]c(=O)c4ccccc34)ccc2F)CC1. The van der Waals surface area contributed by atoms with Gasteiger partial charge in [-0.05, 0) is 142 Å². The monoisotopic (exact) mass is 726 g/mol. The maximum absolute atomic E-state index is 15.0. The molecule has 2 N–H and O–H groups in total. The van der Waals surface area contributed by atoms with Crippen LogP contribution in [0.2, 0.25) is 0 Å². The first kappa shape index (κ1) is 36.8. The Morgan fingerprint density at radius 2 is 1.70 bits per heavy atom. The molecule has 8 rings (SSSR count). The van der Waals surface area contributed by atoms with Gasteiger partial charge in [0.2, 0.25) is 0 Å². The molecule has 1 aromatic heterocycles. The number of aromatic nitrogens is 2. The number of nitrogens with one attached hydrogen (secondary N) is 1. The van der Waals surface area contributed by atoms with E-state index in [2.05, 4.69) is 28.9 Å². The maximum Gasteiger partial charge on any atom is 0.272 e. The van der Waals surface area contributed by atoms with E-state index < -0.39 is 5.82 Å². The predicted octanol–water partition coefficient (Wildman–Crippen LogP) is 7.37. The fourth-order valence-corrected chi connectivity index (χ4v) is 12.0. The Hall–Kier alpha value is -3.14. The molecule has 1 amide bonds. The molecule has 5 aliphatic rings. The molecule has 0 radical (unpaired) electrons. The number of H-pyrrole nitrogens is 1. The molecule has 2 heterocycles. The number of benzene rings is 2. The summed E-state index contributed by atoms with van der Waals surface area (Å²) in [7, 11) is 0. The number of carbonyl (C=O) groups is 1. The number of amides is 1. The smallest absolute Gasteiger partial charge is 0.272 e. The van der Waals surface area contributed by atoms with Crippen LogP contribution >= 0.6 is 0 Å². The van der Waals surface area contributed by atoms with Crippen molar-refractivity contribution in [2.45, 2.75) is 110 Å². The Morgan fingerprint density at radius 1 is 0.925 bits per heavy atom. The molecule has 1 aliphatic heterocycles. The molecular formula is C44H59FN4O4. The van der Waals surface area contributed by atoms with Gasteiger partial charge in [0.25, 0.3) is 11.5 Å². The second-order valence-electron chi connectivity index (χ2n) is 17.8. The highest BCUT2D eigenvalue weighted by Crippen LogP contribution is 2.66. The molecule has 5 fully saturated rings. The molecule has 4 aliphatic carbocycles. The van der Waals surface area contributed by atoms with Crippen LogP contribution in [0.15, 0.2) is 47.3 Å². The quantitative estimate of drug-likeness (QED) is 0.212. The van der Waals surface area contributed by atoms with E-state index in [0.717, 1.165) is 87.0 Å². The molecule has 1 saturated heterocycles. The highest BCUT2D eigenvalue weighted by molar-refractivity contribution is 5.95. The number of aromatic amines is 1. The van der Waals surface area contributed by atoms with Gasteiger partial charge in [0, 0.05) is 44.6 Å². The van der Waals surface area contributed by atoms with E-state index in [1.165, 1.54) is 51.0 Å². The summed E-state index contributed by atoms with van der Waals surface area (Å²) in [6, 6.07) is 12.0. The normalized spacial score (nSPS) is 33.0. The highest BCUT2D eigenvalue weighted by Gasteiger charge is 2.60. The van der Waals surface area contributed by atoms with Crippen molar-refractivity contribution in [2.24, 2.45) is 34.5 Å². The molecule has 9 heteroatoms. The zero-order valence-corrected chi connectivity index (χ0v) is 31.8. The number of aliphatic hydroxyl groups excluding tert-OH is 1. The molecule has 2 aromatic carbocycles. The predicted molar refractivity (Wildman–Crippen MR) is 205 cm³/mol. The van der Waals surface area contributed by atoms with Gasteiger partial charge < -0.3 is 14.7 Å². The lowest BCUT2D eigenvalue weighted by Crippen LogP contribution is -2.54. The molecule has 1 unspecified atom stereocenters. The van der Waals surface area contributed by atoms with Gasteiger partial charge in [0.15, 0.2) is 0 Å². The van der Waals surface area contributed by atoms with E-state index in [4.69, 9.17) is 4.74 Å². The number of unbranched alkanes of at least 4 members (excludes halogenated alkanes) is 2. The van der Waals surface area contributed by atoms with Crippen molar-refractivity contribution in [2.75, 3.05) is 39.3 Å². The highest BCUT2D eigenvalue weighted by atomic mass is 19.1. The third-order valence-corrected chi connectivity index (χ3v) is 15.1. The van der Waals surface area contributed by atoms with Crippen molar-refractivity contribution < 1.29 is 19.0 Å². The Kier molecular flexibility index (Phi) is 10.5. The number of hydrogen-bond acceptors (Lipinski definition) is 6. The Balaban J connectivity index is 0.763. The van der Waals surface area contributed by atoms with Crippen LogP contribution < -0.4 is 5.56 Å². The molecule has 286 valence electrons. The average Bonchev–Trinajstić information content (AvgIpc) is 3.51. The van der Waals surface area contributed by atoms with Crippen molar-refractivity contribution in [1.29, 1.82) is 0 Å². The minimum Gasteiger partial charge on any atom is -0.393 e. The molecule has 3 aromatic rings. The van der Waals surface area contributed by atoms with Crippen LogP contribution in [0.5, 0.6) is 0 Å².